The zero-order chi connectivity index (χ0) is 29.8. The summed E-state index contributed by atoms with van der Waals surface area (Å²) < 4.78 is 26.8. The van der Waals surface area contributed by atoms with E-state index in [0.717, 1.165) is 32.6 Å². The molecule has 216 valence electrons. The minimum Gasteiger partial charge on any atom is -0.453 e. The van der Waals surface area contributed by atoms with Crippen molar-refractivity contribution in [1.29, 1.82) is 0 Å². The number of rotatable bonds is 11. The fraction of sp³-hybridized carbons (Fsp3) is 0.273. The molecular weight excluding hydrogens is 553 g/mol. The molecule has 9 heteroatoms. The van der Waals surface area contributed by atoms with Crippen molar-refractivity contribution >= 4 is 33.2 Å². The molecule has 0 N–H and O–H groups in total. The van der Waals surface area contributed by atoms with Gasteiger partial charge in [0.15, 0.2) is 11.6 Å². The van der Waals surface area contributed by atoms with E-state index in [-0.39, 0.29) is 36.3 Å². The van der Waals surface area contributed by atoms with Crippen LogP contribution in [0, 0.1) is 12.7 Å². The van der Waals surface area contributed by atoms with Gasteiger partial charge in [0, 0.05) is 49.1 Å². The van der Waals surface area contributed by atoms with Gasteiger partial charge in [0.05, 0.1) is 22.3 Å². The maximum atomic E-state index is 15.0. The highest BCUT2D eigenvalue weighted by Crippen LogP contribution is 2.39. The van der Waals surface area contributed by atoms with Gasteiger partial charge < -0.3 is 14.2 Å². The number of carbonyl (C=O) groups is 2. The van der Waals surface area contributed by atoms with Crippen LogP contribution in [-0.2, 0) is 29.0 Å². The summed E-state index contributed by atoms with van der Waals surface area (Å²) in [6.45, 7) is 8.07. The normalized spacial score (nSPS) is 11.9. The number of pyridine rings is 1. The smallest absolute Gasteiger partial charge is 0.219 e. The number of amides is 1. The van der Waals surface area contributed by atoms with Gasteiger partial charge in [-0.25, -0.2) is 4.39 Å². The third kappa shape index (κ3) is 6.74. The van der Waals surface area contributed by atoms with E-state index in [1.54, 1.807) is 44.3 Å². The van der Waals surface area contributed by atoms with Crippen LogP contribution >= 0.6 is 11.3 Å². The molecule has 0 aliphatic carbocycles. The number of thiophene rings is 1. The van der Waals surface area contributed by atoms with Crippen molar-refractivity contribution in [2.45, 2.75) is 59.5 Å². The maximum Gasteiger partial charge on any atom is 0.219 e. The van der Waals surface area contributed by atoms with E-state index in [0.29, 0.717) is 29.3 Å². The molecule has 0 aliphatic heterocycles. The van der Waals surface area contributed by atoms with Gasteiger partial charge in [-0.1, -0.05) is 42.4 Å². The third-order valence-corrected chi connectivity index (χ3v) is 8.35. The van der Waals surface area contributed by atoms with Crippen LogP contribution in [0.25, 0.3) is 20.7 Å². The Morgan fingerprint density at radius 3 is 2.45 bits per heavy atom. The Bertz CT molecular complexity index is 1730. The number of halogens is 1. The summed E-state index contributed by atoms with van der Waals surface area (Å²) in [6.07, 6.45) is 2.75. The van der Waals surface area contributed by atoms with Gasteiger partial charge in [-0.2, -0.15) is 0 Å². The first-order chi connectivity index (χ1) is 20.2. The van der Waals surface area contributed by atoms with Crippen LogP contribution in [0.2, 0.25) is 0 Å². The zero-order valence-corrected chi connectivity index (χ0v) is 24.8. The lowest BCUT2D eigenvalue weighted by Gasteiger charge is -2.27. The molecule has 7 nitrogen and oxygen atoms in total. The fourth-order valence-electron chi connectivity index (χ4n) is 4.76. The van der Waals surface area contributed by atoms with Crippen LogP contribution in [0.15, 0.2) is 71.4 Å². The second-order valence-electron chi connectivity index (χ2n) is 10.4. The highest BCUT2D eigenvalue weighted by molar-refractivity contribution is 7.22. The predicted molar refractivity (Wildman–Crippen MR) is 161 cm³/mol. The lowest BCUT2D eigenvalue weighted by Crippen LogP contribution is -2.36. The minimum atomic E-state index is -0.549. The summed E-state index contributed by atoms with van der Waals surface area (Å²) in [6, 6.07) is 18.3. The van der Waals surface area contributed by atoms with Crippen molar-refractivity contribution in [2.75, 3.05) is 0 Å². The minimum absolute atomic E-state index is 0.0640. The number of fused-ring (bicyclic) bond motifs is 1. The van der Waals surface area contributed by atoms with Gasteiger partial charge in [0.1, 0.15) is 17.3 Å². The Balaban J connectivity index is 1.30. The number of hydrogen-bond donors (Lipinski definition) is 0. The standard InChI is InChI=1S/C33H32FN3O4S/c1-5-20(2)37(22(4)38)19-23-6-9-25(10-7-23)32-18-29-33(42-32)31(12-13-35-29)40-30-11-8-24(16-28(30)34)15-27(39)17-26-14-21(3)41-36-26/h6-14,16,18,20H,5,15,17,19H2,1-4H3. The Labute approximate surface area is 247 Å². The summed E-state index contributed by atoms with van der Waals surface area (Å²) in [5.41, 5.74) is 3.95. The van der Waals surface area contributed by atoms with Crippen molar-refractivity contribution in [3.8, 4) is 21.9 Å². The first-order valence-electron chi connectivity index (χ1n) is 13.9. The number of hydrogen-bond acceptors (Lipinski definition) is 7. The number of aromatic nitrogens is 2. The van der Waals surface area contributed by atoms with Crippen molar-refractivity contribution in [2.24, 2.45) is 0 Å². The zero-order valence-electron chi connectivity index (χ0n) is 24.0. The molecule has 1 unspecified atom stereocenters. The first kappa shape index (κ1) is 29.1. The van der Waals surface area contributed by atoms with E-state index in [4.69, 9.17) is 9.26 Å². The van der Waals surface area contributed by atoms with Gasteiger partial charge >= 0.3 is 0 Å². The molecule has 1 atom stereocenters. The summed E-state index contributed by atoms with van der Waals surface area (Å²) in [4.78, 5) is 31.9. The van der Waals surface area contributed by atoms with Crippen LogP contribution < -0.4 is 4.74 Å². The number of benzene rings is 2. The third-order valence-electron chi connectivity index (χ3n) is 7.17. The van der Waals surface area contributed by atoms with Crippen LogP contribution in [0.1, 0.15) is 49.8 Å². The molecule has 0 aliphatic rings. The average molecular weight is 586 g/mol. The van der Waals surface area contributed by atoms with E-state index in [2.05, 4.69) is 24.0 Å². The Hall–Kier alpha value is -4.37. The molecule has 5 rings (SSSR count). The SMILES string of the molecule is CCC(C)N(Cc1ccc(-c2cc3nccc(Oc4ccc(CC(=O)Cc5cc(C)on5)cc4F)c3s2)cc1)C(C)=O. The fourth-order valence-corrected chi connectivity index (χ4v) is 5.83. The summed E-state index contributed by atoms with van der Waals surface area (Å²) in [5.74, 6) is 0.643. The predicted octanol–water partition coefficient (Wildman–Crippen LogP) is 7.69. The number of aryl methyl sites for hydroxylation is 1. The quantitative estimate of drug-likeness (QED) is 0.158. The molecule has 3 aromatic heterocycles. The molecule has 0 fully saturated rings. The second kappa shape index (κ2) is 12.7. The molecule has 0 saturated carbocycles. The van der Waals surface area contributed by atoms with Gasteiger partial charge in [-0.3, -0.25) is 14.6 Å². The van der Waals surface area contributed by atoms with Crippen molar-refractivity contribution in [1.82, 2.24) is 15.0 Å². The maximum absolute atomic E-state index is 15.0. The molecule has 3 heterocycles. The lowest BCUT2D eigenvalue weighted by molar-refractivity contribution is -0.131. The van der Waals surface area contributed by atoms with Crippen LogP contribution in [0.4, 0.5) is 4.39 Å². The van der Waals surface area contributed by atoms with Gasteiger partial charge in [-0.15, -0.1) is 11.3 Å². The summed E-state index contributed by atoms with van der Waals surface area (Å²) >= 11 is 1.52. The Kier molecular flexibility index (Phi) is 8.77. The monoisotopic (exact) mass is 585 g/mol. The largest absolute Gasteiger partial charge is 0.453 e. The molecule has 0 spiro atoms. The van der Waals surface area contributed by atoms with Gasteiger partial charge in [0.25, 0.3) is 0 Å². The second-order valence-corrected chi connectivity index (χ2v) is 11.5. The first-order valence-corrected chi connectivity index (χ1v) is 14.7. The molecule has 2 aromatic carbocycles. The molecule has 0 bridgehead atoms. The highest BCUT2D eigenvalue weighted by Gasteiger charge is 2.17. The van der Waals surface area contributed by atoms with Crippen LogP contribution in [0.3, 0.4) is 0 Å². The lowest BCUT2D eigenvalue weighted by atomic mass is 10.1. The van der Waals surface area contributed by atoms with Crippen LogP contribution in [-0.4, -0.2) is 32.8 Å². The van der Waals surface area contributed by atoms with Crippen molar-refractivity contribution in [3.63, 3.8) is 0 Å². The topological polar surface area (TPSA) is 85.5 Å². The number of nitrogens with zero attached hydrogens (tertiary/aromatic N) is 3. The van der Waals surface area contributed by atoms with E-state index >= 15 is 4.39 Å². The highest BCUT2D eigenvalue weighted by atomic mass is 32.1. The molecular formula is C33H32FN3O4S. The van der Waals surface area contributed by atoms with Crippen molar-refractivity contribution in [3.05, 3.63) is 95.3 Å². The average Bonchev–Trinajstić information content (AvgIpc) is 3.59. The number of carbonyl (C=O) groups excluding carboxylic acids is 2. The van der Waals surface area contributed by atoms with Crippen LogP contribution in [0.5, 0.6) is 11.5 Å². The molecule has 1 amide bonds. The summed E-state index contributed by atoms with van der Waals surface area (Å²) in [5, 5.41) is 3.84. The number of ether oxygens (including phenoxy) is 1. The van der Waals surface area contributed by atoms with Gasteiger partial charge in [-0.05, 0) is 55.2 Å². The van der Waals surface area contributed by atoms with Gasteiger partial charge in [0.2, 0.25) is 5.91 Å². The van der Waals surface area contributed by atoms with E-state index in [1.807, 2.05) is 35.2 Å². The Morgan fingerprint density at radius 2 is 1.79 bits per heavy atom. The van der Waals surface area contributed by atoms with E-state index in [1.165, 1.54) is 17.4 Å². The van der Waals surface area contributed by atoms with E-state index in [9.17, 15) is 9.59 Å². The summed E-state index contributed by atoms with van der Waals surface area (Å²) in [7, 11) is 0. The van der Waals surface area contributed by atoms with Crippen molar-refractivity contribution < 1.29 is 23.2 Å². The number of Topliss-reactive ketones (excluding diaryl/α,β-unsaturated/α-hetero) is 1. The number of ketones is 1. The molecule has 42 heavy (non-hydrogen) atoms. The van der Waals surface area contributed by atoms with E-state index < -0.39 is 5.82 Å². The Morgan fingerprint density at radius 1 is 1.02 bits per heavy atom. The molecule has 0 saturated heterocycles. The molecule has 5 aromatic rings. The molecule has 0 radical (unpaired) electrons.